The van der Waals surface area contributed by atoms with Crippen molar-refractivity contribution in [1.82, 2.24) is 0 Å². The quantitative estimate of drug-likeness (QED) is 0.189. The highest BCUT2D eigenvalue weighted by atomic mass is 31.1. The minimum atomic E-state index is -0.541. The lowest BCUT2D eigenvalue weighted by Gasteiger charge is -2.37. The van der Waals surface area contributed by atoms with Crippen LogP contribution in [0.3, 0.4) is 0 Å². The van der Waals surface area contributed by atoms with E-state index in [1.165, 1.54) is 32.6 Å². The molecule has 0 fully saturated rings. The van der Waals surface area contributed by atoms with Gasteiger partial charge in [-0.2, -0.15) is 0 Å². The van der Waals surface area contributed by atoms with Gasteiger partial charge in [0.2, 0.25) is 0 Å². The number of hydrogen-bond acceptors (Lipinski definition) is 1. The molecule has 210 valence electrons. The largest absolute Gasteiger partial charge is 0.507 e. The first-order chi connectivity index (χ1) is 19.1. The fourth-order valence-electron chi connectivity index (χ4n) is 5.72. The summed E-state index contributed by atoms with van der Waals surface area (Å²) < 4.78 is 0. The Kier molecular flexibility index (Phi) is 9.93. The molecule has 1 N–H and O–H groups in total. The van der Waals surface area contributed by atoms with E-state index >= 15 is 0 Å². The summed E-state index contributed by atoms with van der Waals surface area (Å²) in [6.45, 7) is 15.8. The van der Waals surface area contributed by atoms with Crippen molar-refractivity contribution in [3.8, 4) is 5.75 Å². The Morgan fingerprint density at radius 3 is 1.88 bits per heavy atom. The fourth-order valence-corrected chi connectivity index (χ4v) is 10.2. The molecule has 0 saturated carbocycles. The highest BCUT2D eigenvalue weighted by molar-refractivity contribution is 7.72. The SMILES string of the molecule is CCCC(CC)(Pc1c(C)cccc1CP(c1ccccc1)c1ccccc1)c1cc(C(C)(C)C)cc(C)c1O. The van der Waals surface area contributed by atoms with Crippen LogP contribution in [0.1, 0.15) is 81.7 Å². The smallest absolute Gasteiger partial charge is 0.122 e. The van der Waals surface area contributed by atoms with Crippen LogP contribution in [0.5, 0.6) is 5.75 Å². The second-order valence-electron chi connectivity index (χ2n) is 12.1. The normalized spacial score (nSPS) is 13.7. The van der Waals surface area contributed by atoms with Gasteiger partial charge < -0.3 is 5.11 Å². The van der Waals surface area contributed by atoms with Crippen molar-refractivity contribution in [1.29, 1.82) is 0 Å². The molecule has 0 aliphatic heterocycles. The van der Waals surface area contributed by atoms with E-state index in [0.717, 1.165) is 36.6 Å². The van der Waals surface area contributed by atoms with Crippen molar-refractivity contribution in [3.63, 3.8) is 0 Å². The van der Waals surface area contributed by atoms with Crippen molar-refractivity contribution in [2.24, 2.45) is 0 Å². The molecule has 40 heavy (non-hydrogen) atoms. The van der Waals surface area contributed by atoms with Crippen LogP contribution in [-0.4, -0.2) is 5.11 Å². The van der Waals surface area contributed by atoms with Crippen LogP contribution in [0.4, 0.5) is 0 Å². The molecule has 0 aliphatic carbocycles. The summed E-state index contributed by atoms with van der Waals surface area (Å²) in [6, 6.07) is 33.5. The Bertz CT molecular complexity index is 1370. The van der Waals surface area contributed by atoms with Crippen molar-refractivity contribution >= 4 is 32.4 Å². The number of aryl methyl sites for hydroxylation is 2. The molecule has 0 bridgehead atoms. The predicted molar refractivity (Wildman–Crippen MR) is 180 cm³/mol. The highest BCUT2D eigenvalue weighted by Gasteiger charge is 2.35. The summed E-state index contributed by atoms with van der Waals surface area (Å²) in [4.78, 5) is 0. The second-order valence-corrected chi connectivity index (χ2v) is 16.0. The van der Waals surface area contributed by atoms with Gasteiger partial charge in [-0.15, -0.1) is 0 Å². The molecule has 2 unspecified atom stereocenters. The average molecular weight is 569 g/mol. The lowest BCUT2D eigenvalue weighted by molar-refractivity contribution is 0.437. The van der Waals surface area contributed by atoms with Crippen LogP contribution in [0.2, 0.25) is 0 Å². The third-order valence-corrected chi connectivity index (χ3v) is 13.0. The maximum atomic E-state index is 11.5. The third-order valence-electron chi connectivity index (χ3n) is 8.15. The van der Waals surface area contributed by atoms with E-state index in [1.807, 2.05) is 0 Å². The zero-order chi connectivity index (χ0) is 28.9. The van der Waals surface area contributed by atoms with E-state index in [9.17, 15) is 5.11 Å². The number of phenolic OH excluding ortho intramolecular Hbond substituents is 1. The van der Waals surface area contributed by atoms with Gasteiger partial charge in [-0.05, 0) is 78.2 Å². The van der Waals surface area contributed by atoms with E-state index in [0.29, 0.717) is 14.3 Å². The van der Waals surface area contributed by atoms with E-state index in [-0.39, 0.29) is 10.6 Å². The summed E-state index contributed by atoms with van der Waals surface area (Å²) in [5.41, 5.74) is 6.28. The molecule has 0 aromatic heterocycles. The van der Waals surface area contributed by atoms with E-state index < -0.39 is 7.92 Å². The molecule has 0 amide bonds. The van der Waals surface area contributed by atoms with Gasteiger partial charge in [0.25, 0.3) is 0 Å². The Balaban J connectivity index is 1.85. The topological polar surface area (TPSA) is 20.2 Å². The molecule has 4 rings (SSSR count). The van der Waals surface area contributed by atoms with Gasteiger partial charge in [0.1, 0.15) is 5.75 Å². The fraction of sp³-hybridized carbons (Fsp3) is 0.351. The standard InChI is InChI=1S/C37H46OP2/c1-8-23-37(9-2,33-25-30(36(5,6)7)24-28(4)34(33)38)39-35-27(3)17-16-18-29(35)26-40(31-19-12-10-13-20-31)32-21-14-11-15-22-32/h10-22,24-25,38-39H,8-9,23,26H2,1-7H3. The second kappa shape index (κ2) is 13.0. The van der Waals surface area contributed by atoms with Gasteiger partial charge in [-0.25, -0.2) is 0 Å². The molecule has 0 spiro atoms. The number of benzene rings is 4. The van der Waals surface area contributed by atoms with Gasteiger partial charge in [-0.3, -0.25) is 0 Å². The molecular formula is C37H46OP2. The lowest BCUT2D eigenvalue weighted by atomic mass is 9.81. The number of phenols is 1. The zero-order valence-electron chi connectivity index (χ0n) is 25.4. The first-order valence-corrected chi connectivity index (χ1v) is 17.2. The Morgan fingerprint density at radius 2 is 1.35 bits per heavy atom. The molecule has 0 heterocycles. The minimum absolute atomic E-state index is 0.0248. The average Bonchev–Trinajstić information content (AvgIpc) is 2.94. The van der Waals surface area contributed by atoms with E-state index in [4.69, 9.17) is 0 Å². The van der Waals surface area contributed by atoms with Crippen LogP contribution in [0, 0.1) is 13.8 Å². The van der Waals surface area contributed by atoms with Crippen LogP contribution < -0.4 is 15.9 Å². The zero-order valence-corrected chi connectivity index (χ0v) is 27.3. The van der Waals surface area contributed by atoms with Crippen molar-refractivity contribution in [3.05, 3.63) is 119 Å². The van der Waals surface area contributed by atoms with Gasteiger partial charge in [0.15, 0.2) is 0 Å². The van der Waals surface area contributed by atoms with Gasteiger partial charge in [-0.1, -0.05) is 141 Å². The molecule has 1 nitrogen and oxygen atoms in total. The maximum Gasteiger partial charge on any atom is 0.122 e. The summed E-state index contributed by atoms with van der Waals surface area (Å²) in [7, 11) is 0.0450. The highest BCUT2D eigenvalue weighted by Crippen LogP contribution is 2.53. The maximum absolute atomic E-state index is 11.5. The third kappa shape index (κ3) is 6.70. The molecule has 4 aromatic rings. The van der Waals surface area contributed by atoms with Crippen molar-refractivity contribution in [2.45, 2.75) is 84.5 Å². The van der Waals surface area contributed by atoms with Gasteiger partial charge >= 0.3 is 0 Å². The lowest BCUT2D eigenvalue weighted by Crippen LogP contribution is -2.26. The Morgan fingerprint density at radius 1 is 0.750 bits per heavy atom. The monoisotopic (exact) mass is 568 g/mol. The van der Waals surface area contributed by atoms with E-state index in [2.05, 4.69) is 139 Å². The number of rotatable bonds is 10. The van der Waals surface area contributed by atoms with Crippen LogP contribution in [-0.2, 0) is 16.7 Å². The predicted octanol–water partition coefficient (Wildman–Crippen LogP) is 9.35. The van der Waals surface area contributed by atoms with Crippen LogP contribution in [0.25, 0.3) is 0 Å². The summed E-state index contributed by atoms with van der Waals surface area (Å²) >= 11 is 0. The minimum Gasteiger partial charge on any atom is -0.507 e. The van der Waals surface area contributed by atoms with Crippen LogP contribution in [0.15, 0.2) is 91.0 Å². The van der Waals surface area contributed by atoms with E-state index in [1.54, 1.807) is 0 Å². The van der Waals surface area contributed by atoms with Gasteiger partial charge in [0.05, 0.1) is 0 Å². The first kappa shape index (κ1) is 30.5. The molecular weight excluding hydrogens is 522 g/mol. The van der Waals surface area contributed by atoms with Crippen molar-refractivity contribution in [2.75, 3.05) is 0 Å². The molecule has 2 atom stereocenters. The number of hydrogen-bond donors (Lipinski definition) is 1. The Hall–Kier alpha value is -2.46. The molecule has 4 aromatic carbocycles. The molecule has 3 heteroatoms. The summed E-state index contributed by atoms with van der Waals surface area (Å²) in [5, 5.41) is 15.8. The molecule has 0 saturated heterocycles. The number of aromatic hydroxyl groups is 1. The van der Waals surface area contributed by atoms with Gasteiger partial charge in [0, 0.05) is 16.9 Å². The first-order valence-electron chi connectivity index (χ1n) is 14.7. The summed E-state index contributed by atoms with van der Waals surface area (Å²) in [5.74, 6) is 0.488. The molecule has 0 aliphatic rings. The molecule has 0 radical (unpaired) electrons. The Labute approximate surface area is 246 Å². The summed E-state index contributed by atoms with van der Waals surface area (Å²) in [6.07, 6.45) is 4.16. The van der Waals surface area contributed by atoms with Crippen LogP contribution >= 0.6 is 16.5 Å². The van der Waals surface area contributed by atoms with Crippen molar-refractivity contribution < 1.29 is 5.11 Å².